The molecule has 1 aromatic heterocycles. The Labute approximate surface area is 174 Å². The predicted molar refractivity (Wildman–Crippen MR) is 116 cm³/mol. The van der Waals surface area contributed by atoms with Crippen molar-refractivity contribution in [1.29, 1.82) is 0 Å². The molecule has 8 heteroatoms. The number of aromatic nitrogens is 2. The van der Waals surface area contributed by atoms with Crippen LogP contribution in [0, 0.1) is 5.92 Å². The molecule has 0 bridgehead atoms. The number of piperidine rings is 1. The molecule has 0 aromatic carbocycles. The van der Waals surface area contributed by atoms with Crippen molar-refractivity contribution in [2.24, 2.45) is 10.9 Å². The molecule has 1 atom stereocenters. The summed E-state index contributed by atoms with van der Waals surface area (Å²) in [5.41, 5.74) is 0. The molecular formula is C18H33IN6O. The first-order chi connectivity index (χ1) is 12.2. The second-order valence-corrected chi connectivity index (χ2v) is 6.65. The summed E-state index contributed by atoms with van der Waals surface area (Å²) >= 11 is 0. The monoisotopic (exact) mass is 476 g/mol. The van der Waals surface area contributed by atoms with Gasteiger partial charge in [0.15, 0.2) is 5.96 Å². The summed E-state index contributed by atoms with van der Waals surface area (Å²) in [6.45, 7) is 9.09. The number of halogens is 1. The first kappa shape index (κ1) is 22.7. The molecule has 1 amide bonds. The lowest BCUT2D eigenvalue weighted by Gasteiger charge is -2.31. The Hall–Kier alpha value is -1.32. The van der Waals surface area contributed by atoms with Crippen LogP contribution >= 0.6 is 24.0 Å². The summed E-state index contributed by atoms with van der Waals surface area (Å²) in [7, 11) is 0. The van der Waals surface area contributed by atoms with Crippen molar-refractivity contribution in [1.82, 2.24) is 25.3 Å². The first-order valence-electron chi connectivity index (χ1n) is 9.46. The molecule has 0 spiro atoms. The van der Waals surface area contributed by atoms with Crippen molar-refractivity contribution in [3.63, 3.8) is 0 Å². The van der Waals surface area contributed by atoms with Gasteiger partial charge in [0.1, 0.15) is 0 Å². The normalized spacial score (nSPS) is 17.5. The zero-order chi connectivity index (χ0) is 17.9. The van der Waals surface area contributed by atoms with E-state index in [-0.39, 0.29) is 29.9 Å². The number of aryl methyl sites for hydroxylation is 1. The van der Waals surface area contributed by atoms with E-state index in [2.05, 4.69) is 27.6 Å². The Morgan fingerprint density at radius 1 is 1.38 bits per heavy atom. The topological polar surface area (TPSA) is 74.5 Å². The van der Waals surface area contributed by atoms with Gasteiger partial charge in [-0.25, -0.2) is 0 Å². The Morgan fingerprint density at radius 2 is 2.23 bits per heavy atom. The number of amides is 1. The Balaban J connectivity index is 0.00000338. The van der Waals surface area contributed by atoms with Crippen molar-refractivity contribution in [2.45, 2.75) is 46.1 Å². The van der Waals surface area contributed by atoms with E-state index in [4.69, 9.17) is 0 Å². The van der Waals surface area contributed by atoms with Gasteiger partial charge in [0.25, 0.3) is 0 Å². The highest BCUT2D eigenvalue weighted by atomic mass is 127. The second kappa shape index (κ2) is 12.9. The smallest absolute Gasteiger partial charge is 0.224 e. The molecule has 0 aliphatic carbocycles. The van der Waals surface area contributed by atoms with Crippen LogP contribution in [0.1, 0.15) is 39.5 Å². The zero-order valence-electron chi connectivity index (χ0n) is 16.0. The van der Waals surface area contributed by atoms with E-state index in [9.17, 15) is 4.79 Å². The third kappa shape index (κ3) is 8.37. The van der Waals surface area contributed by atoms with E-state index in [1.807, 2.05) is 28.8 Å². The largest absolute Gasteiger partial charge is 0.357 e. The minimum Gasteiger partial charge on any atom is -0.357 e. The van der Waals surface area contributed by atoms with E-state index >= 15 is 0 Å². The molecule has 1 aliphatic rings. The maximum atomic E-state index is 12.3. The number of aliphatic imine (C=N–C) groups is 1. The average Bonchev–Trinajstić information content (AvgIpc) is 3.12. The van der Waals surface area contributed by atoms with Crippen LogP contribution in [-0.2, 0) is 11.3 Å². The molecule has 1 aliphatic heterocycles. The van der Waals surface area contributed by atoms with Gasteiger partial charge in [0, 0.05) is 58.1 Å². The second-order valence-electron chi connectivity index (χ2n) is 6.65. The highest BCUT2D eigenvalue weighted by Gasteiger charge is 2.20. The van der Waals surface area contributed by atoms with Crippen molar-refractivity contribution in [2.75, 3.05) is 32.7 Å². The summed E-state index contributed by atoms with van der Waals surface area (Å²) in [5, 5.41) is 10.7. The summed E-state index contributed by atoms with van der Waals surface area (Å²) in [4.78, 5) is 18.9. The van der Waals surface area contributed by atoms with Crippen molar-refractivity contribution >= 4 is 35.8 Å². The molecule has 1 fully saturated rings. The van der Waals surface area contributed by atoms with Crippen molar-refractivity contribution in [3.05, 3.63) is 18.5 Å². The van der Waals surface area contributed by atoms with Crippen LogP contribution in [0.4, 0.5) is 0 Å². The SMILES string of the molecule is CCNC(=NCCCn1cccn1)NCCC(=O)N1CCCC(C)C1.I. The van der Waals surface area contributed by atoms with Crippen LogP contribution in [0.15, 0.2) is 23.5 Å². The number of likely N-dealkylation sites (tertiary alicyclic amines) is 1. The van der Waals surface area contributed by atoms with E-state index in [0.717, 1.165) is 51.5 Å². The van der Waals surface area contributed by atoms with Crippen LogP contribution in [-0.4, -0.2) is 59.3 Å². The van der Waals surface area contributed by atoms with Gasteiger partial charge >= 0.3 is 0 Å². The van der Waals surface area contributed by atoms with Crippen molar-refractivity contribution in [3.8, 4) is 0 Å². The molecule has 148 valence electrons. The maximum Gasteiger partial charge on any atom is 0.224 e. The Bertz CT molecular complexity index is 534. The standard InChI is InChI=1S/C18H32N6O.HI/c1-3-19-18(20-9-5-13-24-14-6-10-22-24)21-11-8-17(25)23-12-4-7-16(2)15-23;/h6,10,14,16H,3-5,7-9,11-13,15H2,1-2H3,(H2,19,20,21);1H. The number of carbonyl (C=O) groups excluding carboxylic acids is 1. The predicted octanol–water partition coefficient (Wildman–Crippen LogP) is 2.09. The highest BCUT2D eigenvalue weighted by molar-refractivity contribution is 14.0. The van der Waals surface area contributed by atoms with E-state index in [1.165, 1.54) is 6.42 Å². The maximum absolute atomic E-state index is 12.3. The number of carbonyl (C=O) groups is 1. The molecule has 2 N–H and O–H groups in total. The third-order valence-electron chi connectivity index (χ3n) is 4.36. The van der Waals surface area contributed by atoms with E-state index in [0.29, 0.717) is 18.9 Å². The molecule has 7 nitrogen and oxygen atoms in total. The highest BCUT2D eigenvalue weighted by Crippen LogP contribution is 2.15. The molecular weight excluding hydrogens is 443 g/mol. The van der Waals surface area contributed by atoms with Gasteiger partial charge in [-0.05, 0) is 38.2 Å². The number of hydrogen-bond donors (Lipinski definition) is 2. The zero-order valence-corrected chi connectivity index (χ0v) is 18.3. The molecule has 1 saturated heterocycles. The summed E-state index contributed by atoms with van der Waals surface area (Å²) in [5.74, 6) is 1.65. The van der Waals surface area contributed by atoms with Gasteiger partial charge < -0.3 is 15.5 Å². The van der Waals surface area contributed by atoms with Crippen LogP contribution < -0.4 is 10.6 Å². The van der Waals surface area contributed by atoms with Gasteiger partial charge in [0.05, 0.1) is 0 Å². The van der Waals surface area contributed by atoms with Gasteiger partial charge in [-0.1, -0.05) is 6.92 Å². The van der Waals surface area contributed by atoms with Gasteiger partial charge in [-0.15, -0.1) is 24.0 Å². The fraction of sp³-hybridized carbons (Fsp3) is 0.722. The Morgan fingerprint density at radius 3 is 2.92 bits per heavy atom. The van der Waals surface area contributed by atoms with E-state index in [1.54, 1.807) is 6.20 Å². The van der Waals surface area contributed by atoms with Gasteiger partial charge in [0.2, 0.25) is 5.91 Å². The minimum atomic E-state index is 0. The molecule has 26 heavy (non-hydrogen) atoms. The average molecular weight is 476 g/mol. The van der Waals surface area contributed by atoms with Crippen LogP contribution in [0.3, 0.4) is 0 Å². The van der Waals surface area contributed by atoms with Crippen LogP contribution in [0.2, 0.25) is 0 Å². The lowest BCUT2D eigenvalue weighted by Crippen LogP contribution is -2.42. The van der Waals surface area contributed by atoms with Gasteiger partial charge in [-0.3, -0.25) is 14.5 Å². The number of guanidine groups is 1. The molecule has 1 unspecified atom stereocenters. The number of nitrogens with one attached hydrogen (secondary N) is 2. The van der Waals surface area contributed by atoms with Gasteiger partial charge in [-0.2, -0.15) is 5.10 Å². The third-order valence-corrected chi connectivity index (χ3v) is 4.36. The van der Waals surface area contributed by atoms with Crippen LogP contribution in [0.25, 0.3) is 0 Å². The van der Waals surface area contributed by atoms with Crippen LogP contribution in [0.5, 0.6) is 0 Å². The molecule has 2 heterocycles. The van der Waals surface area contributed by atoms with Crippen molar-refractivity contribution < 1.29 is 4.79 Å². The minimum absolute atomic E-state index is 0. The molecule has 0 saturated carbocycles. The molecule has 0 radical (unpaired) electrons. The summed E-state index contributed by atoms with van der Waals surface area (Å²) in [6.07, 6.45) is 7.56. The van der Waals surface area contributed by atoms with E-state index < -0.39 is 0 Å². The lowest BCUT2D eigenvalue weighted by molar-refractivity contribution is -0.132. The number of rotatable bonds is 8. The number of hydrogen-bond acceptors (Lipinski definition) is 3. The fourth-order valence-electron chi connectivity index (χ4n) is 3.06. The number of nitrogens with zero attached hydrogens (tertiary/aromatic N) is 4. The quantitative estimate of drug-likeness (QED) is 0.261. The lowest BCUT2D eigenvalue weighted by atomic mass is 10.00. The molecule has 1 aromatic rings. The molecule has 2 rings (SSSR count). The summed E-state index contributed by atoms with van der Waals surface area (Å²) in [6, 6.07) is 1.93. The summed E-state index contributed by atoms with van der Waals surface area (Å²) < 4.78 is 1.91. The fourth-order valence-corrected chi connectivity index (χ4v) is 3.06. The first-order valence-corrected chi connectivity index (χ1v) is 9.46. The Kier molecular flexibility index (Phi) is 11.3.